The summed E-state index contributed by atoms with van der Waals surface area (Å²) in [7, 11) is 0. The van der Waals surface area contributed by atoms with Gasteiger partial charge in [0.2, 0.25) is 5.91 Å². The van der Waals surface area contributed by atoms with E-state index in [9.17, 15) is 14.7 Å². The molecular weight excluding hydrogens is 304 g/mol. The Hall–Kier alpha value is -1.62. The standard InChI is InChI=1S/C19H26N2O3/c22-16(12-21-4-2-1-3-17(21)23)11-20-18(24)19-8-13-5-14(9-19)7-15(6-13)10-19/h1-4,13-16,22H,5-12H2,(H,20,24). The molecular formula is C19H26N2O3. The summed E-state index contributed by atoms with van der Waals surface area (Å²) >= 11 is 0. The van der Waals surface area contributed by atoms with Crippen molar-refractivity contribution in [3.8, 4) is 0 Å². The molecule has 24 heavy (non-hydrogen) atoms. The molecule has 1 aromatic rings. The number of carbonyl (C=O) groups excluding carboxylic acids is 1. The molecule has 1 heterocycles. The maximum absolute atomic E-state index is 12.8. The second kappa shape index (κ2) is 6.03. The van der Waals surface area contributed by atoms with Crippen LogP contribution in [-0.4, -0.2) is 28.2 Å². The lowest BCUT2D eigenvalue weighted by Crippen LogP contribution is -2.54. The number of carbonyl (C=O) groups is 1. The van der Waals surface area contributed by atoms with E-state index in [1.165, 1.54) is 29.9 Å². The summed E-state index contributed by atoms with van der Waals surface area (Å²) in [4.78, 5) is 24.5. The third-order valence-electron chi connectivity index (χ3n) is 6.32. The highest BCUT2D eigenvalue weighted by molar-refractivity contribution is 5.83. The van der Waals surface area contributed by atoms with Crippen molar-refractivity contribution < 1.29 is 9.90 Å². The Bertz CT molecular complexity index is 646. The fraction of sp³-hybridized carbons (Fsp3) is 0.684. The minimum absolute atomic E-state index is 0.126. The van der Waals surface area contributed by atoms with Gasteiger partial charge in [0.05, 0.1) is 12.6 Å². The van der Waals surface area contributed by atoms with Crippen LogP contribution >= 0.6 is 0 Å². The van der Waals surface area contributed by atoms with Crippen molar-refractivity contribution in [3.05, 3.63) is 34.7 Å². The Balaban J connectivity index is 1.35. The van der Waals surface area contributed by atoms with Crippen molar-refractivity contribution in [1.29, 1.82) is 0 Å². The van der Waals surface area contributed by atoms with Gasteiger partial charge < -0.3 is 15.0 Å². The first-order valence-corrected chi connectivity index (χ1v) is 9.16. The summed E-state index contributed by atoms with van der Waals surface area (Å²) in [6.07, 6.45) is 7.93. The summed E-state index contributed by atoms with van der Waals surface area (Å²) in [5.74, 6) is 2.32. The summed E-state index contributed by atoms with van der Waals surface area (Å²) in [6, 6.07) is 4.92. The van der Waals surface area contributed by atoms with E-state index in [1.807, 2.05) is 0 Å². The average molecular weight is 330 g/mol. The molecule has 5 nitrogen and oxygen atoms in total. The molecule has 0 aliphatic heterocycles. The third kappa shape index (κ3) is 2.90. The lowest BCUT2D eigenvalue weighted by molar-refractivity contribution is -0.146. The van der Waals surface area contributed by atoms with Crippen LogP contribution in [0.25, 0.3) is 0 Å². The van der Waals surface area contributed by atoms with Gasteiger partial charge in [-0.05, 0) is 62.3 Å². The number of aliphatic hydroxyl groups excluding tert-OH is 1. The van der Waals surface area contributed by atoms with Gasteiger partial charge in [-0.3, -0.25) is 9.59 Å². The van der Waals surface area contributed by atoms with E-state index in [0.717, 1.165) is 37.0 Å². The second-order valence-corrected chi connectivity index (χ2v) is 8.25. The minimum atomic E-state index is -0.747. The van der Waals surface area contributed by atoms with E-state index in [4.69, 9.17) is 0 Å². The first kappa shape index (κ1) is 15.9. The zero-order chi connectivity index (χ0) is 16.7. The second-order valence-electron chi connectivity index (χ2n) is 8.25. The van der Waals surface area contributed by atoms with Crippen LogP contribution in [-0.2, 0) is 11.3 Å². The van der Waals surface area contributed by atoms with E-state index in [1.54, 1.807) is 18.3 Å². The number of hydrogen-bond donors (Lipinski definition) is 2. The van der Waals surface area contributed by atoms with Crippen LogP contribution in [0.3, 0.4) is 0 Å². The highest BCUT2D eigenvalue weighted by Gasteiger charge is 2.54. The number of nitrogens with one attached hydrogen (secondary N) is 1. The van der Waals surface area contributed by atoms with Crippen LogP contribution in [0, 0.1) is 23.2 Å². The third-order valence-corrected chi connectivity index (χ3v) is 6.32. The Morgan fingerprint density at radius 3 is 2.42 bits per heavy atom. The maximum atomic E-state index is 12.8. The van der Waals surface area contributed by atoms with Crippen molar-refractivity contribution in [3.63, 3.8) is 0 Å². The van der Waals surface area contributed by atoms with Gasteiger partial charge in [0.25, 0.3) is 5.56 Å². The molecule has 1 atom stereocenters. The lowest BCUT2D eigenvalue weighted by atomic mass is 9.49. The highest BCUT2D eigenvalue weighted by Crippen LogP contribution is 2.60. The van der Waals surface area contributed by atoms with Crippen molar-refractivity contribution >= 4 is 5.91 Å². The number of nitrogens with zero attached hydrogens (tertiary/aromatic N) is 1. The summed E-state index contributed by atoms with van der Waals surface area (Å²) in [5, 5.41) is 13.2. The molecule has 5 heteroatoms. The Morgan fingerprint density at radius 2 is 1.83 bits per heavy atom. The SMILES string of the molecule is O=C(NCC(O)Cn1ccccc1=O)C12CC3CC(CC(C3)C1)C2. The normalized spacial score (nSPS) is 35.0. The first-order valence-electron chi connectivity index (χ1n) is 9.16. The predicted octanol–water partition coefficient (Wildman–Crippen LogP) is 1.54. The van der Waals surface area contributed by atoms with Gasteiger partial charge in [-0.25, -0.2) is 0 Å². The largest absolute Gasteiger partial charge is 0.389 e. The van der Waals surface area contributed by atoms with Crippen LogP contribution in [0.1, 0.15) is 38.5 Å². The topological polar surface area (TPSA) is 71.3 Å². The van der Waals surface area contributed by atoms with E-state index in [-0.39, 0.29) is 30.0 Å². The average Bonchev–Trinajstić information content (AvgIpc) is 2.53. The molecule has 0 spiro atoms. The molecule has 4 aliphatic carbocycles. The van der Waals surface area contributed by atoms with Gasteiger partial charge in [0.15, 0.2) is 0 Å². The number of pyridine rings is 1. The van der Waals surface area contributed by atoms with Crippen LogP contribution in [0.2, 0.25) is 0 Å². The molecule has 5 rings (SSSR count). The van der Waals surface area contributed by atoms with Crippen LogP contribution < -0.4 is 10.9 Å². The Morgan fingerprint density at radius 1 is 1.21 bits per heavy atom. The van der Waals surface area contributed by atoms with Gasteiger partial charge >= 0.3 is 0 Å². The molecule has 1 unspecified atom stereocenters. The molecule has 4 fully saturated rings. The maximum Gasteiger partial charge on any atom is 0.250 e. The van der Waals surface area contributed by atoms with E-state index in [2.05, 4.69) is 5.32 Å². The summed E-state index contributed by atoms with van der Waals surface area (Å²) in [6.45, 7) is 0.419. The van der Waals surface area contributed by atoms with Crippen molar-refractivity contribution in [2.75, 3.05) is 6.54 Å². The smallest absolute Gasteiger partial charge is 0.250 e. The monoisotopic (exact) mass is 330 g/mol. The molecule has 0 saturated heterocycles. The number of hydrogen-bond acceptors (Lipinski definition) is 3. The molecule has 4 aliphatic rings. The minimum Gasteiger partial charge on any atom is -0.389 e. The molecule has 130 valence electrons. The van der Waals surface area contributed by atoms with Gasteiger partial charge in [0.1, 0.15) is 0 Å². The van der Waals surface area contributed by atoms with Gasteiger partial charge in [0, 0.05) is 24.2 Å². The fourth-order valence-corrected chi connectivity index (χ4v) is 5.69. The van der Waals surface area contributed by atoms with E-state index >= 15 is 0 Å². The zero-order valence-corrected chi connectivity index (χ0v) is 14.0. The highest BCUT2D eigenvalue weighted by atomic mass is 16.3. The Kier molecular flexibility index (Phi) is 3.99. The summed E-state index contributed by atoms with van der Waals surface area (Å²) in [5.41, 5.74) is -0.318. The lowest BCUT2D eigenvalue weighted by Gasteiger charge is -2.55. The van der Waals surface area contributed by atoms with Gasteiger partial charge in [-0.2, -0.15) is 0 Å². The number of aromatic nitrogens is 1. The van der Waals surface area contributed by atoms with Crippen LogP contribution in [0.15, 0.2) is 29.2 Å². The number of rotatable bonds is 5. The van der Waals surface area contributed by atoms with Crippen molar-refractivity contribution in [2.24, 2.45) is 23.2 Å². The molecule has 0 radical (unpaired) electrons. The van der Waals surface area contributed by atoms with E-state index in [0.29, 0.717) is 0 Å². The number of amides is 1. The van der Waals surface area contributed by atoms with Crippen LogP contribution in [0.5, 0.6) is 0 Å². The van der Waals surface area contributed by atoms with Crippen molar-refractivity contribution in [1.82, 2.24) is 9.88 Å². The molecule has 2 N–H and O–H groups in total. The van der Waals surface area contributed by atoms with E-state index < -0.39 is 6.10 Å². The molecule has 4 bridgehead atoms. The predicted molar refractivity (Wildman–Crippen MR) is 90.3 cm³/mol. The first-order chi connectivity index (χ1) is 11.5. The summed E-state index contributed by atoms with van der Waals surface area (Å²) < 4.78 is 1.47. The quantitative estimate of drug-likeness (QED) is 0.860. The fourth-order valence-electron chi connectivity index (χ4n) is 5.69. The Labute approximate surface area is 142 Å². The van der Waals surface area contributed by atoms with Crippen LogP contribution in [0.4, 0.5) is 0 Å². The number of aliphatic hydroxyl groups is 1. The van der Waals surface area contributed by atoms with Crippen molar-refractivity contribution in [2.45, 2.75) is 51.2 Å². The molecule has 4 saturated carbocycles. The van der Waals surface area contributed by atoms with Gasteiger partial charge in [-0.1, -0.05) is 6.07 Å². The molecule has 1 aromatic heterocycles. The molecule has 1 amide bonds. The molecule has 0 aromatic carbocycles. The zero-order valence-electron chi connectivity index (χ0n) is 14.0. The van der Waals surface area contributed by atoms with Gasteiger partial charge in [-0.15, -0.1) is 0 Å².